The molecule has 1 aliphatic heterocycles. The molecule has 84 valence electrons. The fourth-order valence-electron chi connectivity index (χ4n) is 1.99. The highest BCUT2D eigenvalue weighted by Crippen LogP contribution is 2.33. The van der Waals surface area contributed by atoms with Crippen LogP contribution in [0.2, 0.25) is 0 Å². The van der Waals surface area contributed by atoms with Crippen LogP contribution in [-0.4, -0.2) is 30.2 Å². The molecule has 0 aliphatic carbocycles. The molecule has 4 nitrogen and oxygen atoms in total. The first-order chi connectivity index (χ1) is 7.65. The summed E-state index contributed by atoms with van der Waals surface area (Å²) >= 11 is 0. The van der Waals surface area contributed by atoms with E-state index in [4.69, 9.17) is 4.74 Å². The molecule has 0 N–H and O–H groups in total. The molecule has 0 saturated carbocycles. The van der Waals surface area contributed by atoms with Gasteiger partial charge in [-0.05, 0) is 13.0 Å². The fourth-order valence-corrected chi connectivity index (χ4v) is 1.99. The minimum Gasteiger partial charge on any atom is -0.357 e. The Morgan fingerprint density at radius 3 is 2.75 bits per heavy atom. The Hall–Kier alpha value is -1.68. The molecule has 4 heteroatoms. The maximum Gasteiger partial charge on any atom is 0.257 e. The maximum absolute atomic E-state index is 12.0. The van der Waals surface area contributed by atoms with E-state index in [0.29, 0.717) is 5.56 Å². The number of benzene rings is 1. The highest BCUT2D eigenvalue weighted by molar-refractivity contribution is 6.00. The zero-order valence-electron chi connectivity index (χ0n) is 9.27. The number of carbonyl (C=O) groups is 2. The van der Waals surface area contributed by atoms with Gasteiger partial charge in [0, 0.05) is 18.2 Å². The van der Waals surface area contributed by atoms with Crippen molar-refractivity contribution in [1.82, 2.24) is 4.90 Å². The molecule has 1 heterocycles. The molecule has 1 aliphatic rings. The Bertz CT molecular complexity index is 442. The topological polar surface area (TPSA) is 46.6 Å². The quantitative estimate of drug-likeness (QED) is 0.771. The maximum atomic E-state index is 12.0. The van der Waals surface area contributed by atoms with E-state index in [0.717, 1.165) is 5.56 Å². The van der Waals surface area contributed by atoms with Gasteiger partial charge in [-0.1, -0.05) is 18.2 Å². The van der Waals surface area contributed by atoms with Gasteiger partial charge in [-0.2, -0.15) is 0 Å². The molecule has 1 unspecified atom stereocenters. The number of carbonyl (C=O) groups excluding carboxylic acids is 2. The van der Waals surface area contributed by atoms with Crippen LogP contribution in [0.15, 0.2) is 24.3 Å². The van der Waals surface area contributed by atoms with Gasteiger partial charge in [-0.3, -0.25) is 9.59 Å². The lowest BCUT2D eigenvalue weighted by Crippen LogP contribution is -2.33. The minimum atomic E-state index is -0.437. The second kappa shape index (κ2) is 4.06. The monoisotopic (exact) mass is 219 g/mol. The second-order valence-corrected chi connectivity index (χ2v) is 3.81. The van der Waals surface area contributed by atoms with Crippen molar-refractivity contribution in [2.75, 3.05) is 13.7 Å². The van der Waals surface area contributed by atoms with Crippen LogP contribution in [0.4, 0.5) is 0 Å². The van der Waals surface area contributed by atoms with E-state index in [1.807, 2.05) is 12.1 Å². The summed E-state index contributed by atoms with van der Waals surface area (Å²) in [6, 6.07) is 7.27. The predicted molar refractivity (Wildman–Crippen MR) is 57.9 cm³/mol. The highest BCUT2D eigenvalue weighted by atomic mass is 16.5. The van der Waals surface area contributed by atoms with Gasteiger partial charge in [0.25, 0.3) is 5.91 Å². The van der Waals surface area contributed by atoms with Crippen LogP contribution in [0.25, 0.3) is 0 Å². The highest BCUT2D eigenvalue weighted by Gasteiger charge is 2.36. The van der Waals surface area contributed by atoms with E-state index in [1.165, 1.54) is 18.9 Å². The van der Waals surface area contributed by atoms with Gasteiger partial charge < -0.3 is 9.64 Å². The van der Waals surface area contributed by atoms with E-state index < -0.39 is 6.23 Å². The molecule has 1 aromatic rings. The van der Waals surface area contributed by atoms with Crippen molar-refractivity contribution < 1.29 is 14.3 Å². The van der Waals surface area contributed by atoms with Crippen molar-refractivity contribution in [1.29, 1.82) is 0 Å². The zero-order chi connectivity index (χ0) is 11.7. The number of rotatable bonds is 3. The third-order valence-corrected chi connectivity index (χ3v) is 2.62. The molecule has 2 rings (SSSR count). The van der Waals surface area contributed by atoms with Gasteiger partial charge in [0.2, 0.25) is 0 Å². The van der Waals surface area contributed by atoms with Crippen LogP contribution in [-0.2, 0) is 9.53 Å². The second-order valence-electron chi connectivity index (χ2n) is 3.81. The molecule has 0 radical (unpaired) electrons. The standard InChI is InChI=1S/C12H13NO3/c1-8(14)7-13-11(15)9-5-3-4-6-10(9)12(13)16-2/h3-6,12H,7H2,1-2H3. The average molecular weight is 219 g/mol. The van der Waals surface area contributed by atoms with Gasteiger partial charge in [0.1, 0.15) is 5.78 Å². The molecule has 1 atom stereocenters. The van der Waals surface area contributed by atoms with Crippen LogP contribution in [0.1, 0.15) is 29.1 Å². The van der Waals surface area contributed by atoms with E-state index in [1.54, 1.807) is 12.1 Å². The molecule has 0 bridgehead atoms. The van der Waals surface area contributed by atoms with Gasteiger partial charge in [0.05, 0.1) is 6.54 Å². The summed E-state index contributed by atoms with van der Waals surface area (Å²) in [5, 5.41) is 0. The minimum absolute atomic E-state index is 0.0526. The molecule has 0 fully saturated rings. The number of amides is 1. The predicted octanol–water partition coefficient (Wildman–Crippen LogP) is 1.38. The summed E-state index contributed by atoms with van der Waals surface area (Å²) in [6.45, 7) is 1.55. The van der Waals surface area contributed by atoms with Crippen molar-refractivity contribution in [2.24, 2.45) is 0 Å². The number of hydrogen-bond donors (Lipinski definition) is 0. The molecular weight excluding hydrogens is 206 g/mol. The summed E-state index contributed by atoms with van der Waals surface area (Å²) in [6.07, 6.45) is -0.437. The number of hydrogen-bond acceptors (Lipinski definition) is 3. The Kier molecular flexibility index (Phi) is 2.75. The summed E-state index contributed by atoms with van der Waals surface area (Å²) < 4.78 is 5.27. The number of methoxy groups -OCH3 is 1. The van der Waals surface area contributed by atoms with Crippen LogP contribution in [0.5, 0.6) is 0 Å². The van der Waals surface area contributed by atoms with Crippen molar-refractivity contribution in [3.63, 3.8) is 0 Å². The summed E-state index contributed by atoms with van der Waals surface area (Å²) in [5.41, 5.74) is 1.45. The van der Waals surface area contributed by atoms with E-state index in [-0.39, 0.29) is 18.2 Å². The average Bonchev–Trinajstić information content (AvgIpc) is 2.52. The number of nitrogens with zero attached hydrogens (tertiary/aromatic N) is 1. The molecular formula is C12H13NO3. The number of Topliss-reactive ketones (excluding diaryl/α,β-unsaturated/α-hetero) is 1. The Balaban J connectivity index is 2.39. The van der Waals surface area contributed by atoms with Crippen molar-refractivity contribution in [3.05, 3.63) is 35.4 Å². The van der Waals surface area contributed by atoms with E-state index >= 15 is 0 Å². The van der Waals surface area contributed by atoms with Crippen LogP contribution < -0.4 is 0 Å². The normalized spacial score (nSPS) is 18.8. The molecule has 0 saturated heterocycles. The first-order valence-electron chi connectivity index (χ1n) is 5.07. The van der Waals surface area contributed by atoms with Crippen molar-refractivity contribution >= 4 is 11.7 Å². The lowest BCUT2D eigenvalue weighted by molar-refractivity contribution is -0.120. The first kappa shape index (κ1) is 10.8. The first-order valence-corrected chi connectivity index (χ1v) is 5.07. The Labute approximate surface area is 93.8 Å². The summed E-state index contributed by atoms with van der Waals surface area (Å²) in [7, 11) is 1.53. The Morgan fingerprint density at radius 2 is 2.12 bits per heavy atom. The van der Waals surface area contributed by atoms with Gasteiger partial charge in [-0.15, -0.1) is 0 Å². The summed E-state index contributed by atoms with van der Waals surface area (Å²) in [4.78, 5) is 24.6. The number of ether oxygens (including phenoxy) is 1. The van der Waals surface area contributed by atoms with Crippen LogP contribution >= 0.6 is 0 Å². The smallest absolute Gasteiger partial charge is 0.257 e. The summed E-state index contributed by atoms with van der Waals surface area (Å²) in [5.74, 6) is -0.194. The molecule has 1 aromatic carbocycles. The van der Waals surface area contributed by atoms with Crippen molar-refractivity contribution in [2.45, 2.75) is 13.2 Å². The number of fused-ring (bicyclic) bond motifs is 1. The fraction of sp³-hybridized carbons (Fsp3) is 0.333. The SMILES string of the molecule is COC1c2ccccc2C(=O)N1CC(C)=O. The molecule has 16 heavy (non-hydrogen) atoms. The lowest BCUT2D eigenvalue weighted by atomic mass is 10.1. The molecule has 0 spiro atoms. The number of ketones is 1. The van der Waals surface area contributed by atoms with Gasteiger partial charge >= 0.3 is 0 Å². The molecule has 0 aromatic heterocycles. The third-order valence-electron chi connectivity index (χ3n) is 2.62. The van der Waals surface area contributed by atoms with Crippen LogP contribution in [0, 0.1) is 0 Å². The zero-order valence-corrected chi connectivity index (χ0v) is 9.27. The third kappa shape index (κ3) is 1.61. The van der Waals surface area contributed by atoms with Crippen molar-refractivity contribution in [3.8, 4) is 0 Å². The van der Waals surface area contributed by atoms with Crippen LogP contribution in [0.3, 0.4) is 0 Å². The van der Waals surface area contributed by atoms with E-state index in [2.05, 4.69) is 0 Å². The van der Waals surface area contributed by atoms with Gasteiger partial charge in [0.15, 0.2) is 6.23 Å². The van der Waals surface area contributed by atoms with E-state index in [9.17, 15) is 9.59 Å². The lowest BCUT2D eigenvalue weighted by Gasteiger charge is -2.22. The molecule has 1 amide bonds. The largest absolute Gasteiger partial charge is 0.357 e. The Morgan fingerprint density at radius 1 is 1.44 bits per heavy atom. The van der Waals surface area contributed by atoms with Gasteiger partial charge in [-0.25, -0.2) is 0 Å².